The minimum absolute atomic E-state index is 0.164. The molecule has 2 heterocycles. The number of aliphatic hydroxyl groups is 1. The van der Waals surface area contributed by atoms with Gasteiger partial charge in [0.2, 0.25) is 5.28 Å². The minimum Gasteiger partial charge on any atom is -0.394 e. The van der Waals surface area contributed by atoms with E-state index in [2.05, 4.69) is 15.3 Å². The zero-order chi connectivity index (χ0) is 13.7. The maximum absolute atomic E-state index is 9.75. The second-order valence-electron chi connectivity index (χ2n) is 4.39. The van der Waals surface area contributed by atoms with Crippen LogP contribution >= 0.6 is 23.4 Å². The highest BCUT2D eigenvalue weighted by Gasteiger charge is 2.37. The Morgan fingerprint density at radius 2 is 2.35 bits per heavy atom. The standard InChI is InChI=1S/C11H14ClN3OS/c12-10-13-7-2-5-17-8(7)9(14-10)15-11(6-16)3-1-4-11/h16H,1-6H2,(H,13,14,15)/i6D2. The average molecular weight is 274 g/mol. The average Bonchev–Trinajstić information content (AvgIpc) is 2.68. The van der Waals surface area contributed by atoms with Crippen molar-refractivity contribution in [3.8, 4) is 0 Å². The van der Waals surface area contributed by atoms with Crippen LogP contribution in [0.25, 0.3) is 0 Å². The highest BCUT2D eigenvalue weighted by atomic mass is 35.5. The van der Waals surface area contributed by atoms with Crippen LogP contribution in [0.4, 0.5) is 5.82 Å². The zero-order valence-corrected chi connectivity index (χ0v) is 10.7. The van der Waals surface area contributed by atoms with Crippen molar-refractivity contribution in [1.29, 1.82) is 0 Å². The number of rotatable bonds is 3. The van der Waals surface area contributed by atoms with Crippen molar-refractivity contribution in [2.75, 3.05) is 17.6 Å². The van der Waals surface area contributed by atoms with Crippen molar-refractivity contribution in [3.63, 3.8) is 0 Å². The van der Waals surface area contributed by atoms with E-state index in [4.69, 9.17) is 14.3 Å². The largest absolute Gasteiger partial charge is 0.394 e. The number of nitrogens with zero attached hydrogens (tertiary/aromatic N) is 2. The van der Waals surface area contributed by atoms with E-state index in [-0.39, 0.29) is 5.28 Å². The second kappa shape index (κ2) is 4.30. The number of aryl methyl sites for hydroxylation is 1. The van der Waals surface area contributed by atoms with E-state index in [1.165, 1.54) is 0 Å². The third-order valence-electron chi connectivity index (χ3n) is 3.27. The maximum atomic E-state index is 9.75. The van der Waals surface area contributed by atoms with Crippen LogP contribution in [0.5, 0.6) is 0 Å². The molecule has 0 aromatic carbocycles. The number of aromatic nitrogens is 2. The van der Waals surface area contributed by atoms with Crippen molar-refractivity contribution >= 4 is 29.2 Å². The molecule has 1 aromatic rings. The Hall–Kier alpha value is -0.520. The molecule has 1 aliphatic carbocycles. The third kappa shape index (κ3) is 2.00. The molecule has 0 amide bonds. The van der Waals surface area contributed by atoms with Gasteiger partial charge in [-0.1, -0.05) is 0 Å². The van der Waals surface area contributed by atoms with Crippen molar-refractivity contribution in [1.82, 2.24) is 9.97 Å². The number of anilines is 1. The number of hydrogen-bond acceptors (Lipinski definition) is 5. The van der Waals surface area contributed by atoms with Gasteiger partial charge in [-0.15, -0.1) is 11.8 Å². The molecule has 3 rings (SSSR count). The molecule has 1 aliphatic heterocycles. The van der Waals surface area contributed by atoms with Gasteiger partial charge in [-0.25, -0.2) is 4.98 Å². The highest BCUT2D eigenvalue weighted by molar-refractivity contribution is 7.99. The first-order valence-electron chi connectivity index (χ1n) is 6.61. The first-order chi connectivity index (χ1) is 8.91. The lowest BCUT2D eigenvalue weighted by Gasteiger charge is -2.41. The molecule has 4 nitrogen and oxygen atoms in total. The van der Waals surface area contributed by atoms with Crippen molar-refractivity contribution in [2.45, 2.75) is 36.1 Å². The third-order valence-corrected chi connectivity index (χ3v) is 4.57. The summed E-state index contributed by atoms with van der Waals surface area (Å²) in [5.74, 6) is 1.48. The summed E-state index contributed by atoms with van der Waals surface area (Å²) in [4.78, 5) is 9.29. The molecular formula is C11H14ClN3OS. The molecule has 17 heavy (non-hydrogen) atoms. The topological polar surface area (TPSA) is 58.0 Å². The van der Waals surface area contributed by atoms with Crippen molar-refractivity contribution in [3.05, 3.63) is 11.0 Å². The first kappa shape index (κ1) is 9.42. The summed E-state index contributed by atoms with van der Waals surface area (Å²) in [7, 11) is 0. The van der Waals surface area contributed by atoms with Crippen LogP contribution < -0.4 is 5.32 Å². The molecule has 92 valence electrons. The summed E-state index contributed by atoms with van der Waals surface area (Å²) >= 11 is 7.54. The van der Waals surface area contributed by atoms with Crippen LogP contribution in [0.2, 0.25) is 5.28 Å². The summed E-state index contributed by atoms with van der Waals surface area (Å²) in [5, 5.41) is 13.0. The van der Waals surface area contributed by atoms with Crippen molar-refractivity contribution in [2.24, 2.45) is 0 Å². The van der Waals surface area contributed by atoms with E-state index < -0.39 is 12.1 Å². The Bertz CT molecular complexity index is 519. The van der Waals surface area contributed by atoms with Gasteiger partial charge in [-0.05, 0) is 30.9 Å². The summed E-state index contributed by atoms with van der Waals surface area (Å²) in [6, 6.07) is 0. The number of thioether (sulfide) groups is 1. The Balaban J connectivity index is 1.96. The predicted octanol–water partition coefficient (Wildman–Crippen LogP) is 2.11. The normalized spacial score (nSPS) is 23.4. The lowest BCUT2D eigenvalue weighted by Crippen LogP contribution is -2.48. The second-order valence-corrected chi connectivity index (χ2v) is 5.83. The van der Waals surface area contributed by atoms with Gasteiger partial charge in [0, 0.05) is 12.2 Å². The summed E-state index contributed by atoms with van der Waals surface area (Å²) < 4.78 is 15.2. The summed E-state index contributed by atoms with van der Waals surface area (Å²) in [5.41, 5.74) is -0.0535. The molecule has 0 spiro atoms. The predicted molar refractivity (Wildman–Crippen MR) is 68.8 cm³/mol. The zero-order valence-electron chi connectivity index (χ0n) is 11.2. The van der Waals surface area contributed by atoms with Crippen LogP contribution in [-0.2, 0) is 6.42 Å². The number of halogens is 1. The fourth-order valence-corrected chi connectivity index (χ4v) is 3.38. The van der Waals surface area contributed by atoms with Crippen LogP contribution in [0.15, 0.2) is 4.90 Å². The molecule has 1 fully saturated rings. The lowest BCUT2D eigenvalue weighted by atomic mass is 9.77. The van der Waals surface area contributed by atoms with Gasteiger partial charge >= 0.3 is 0 Å². The van der Waals surface area contributed by atoms with Crippen LogP contribution in [0.1, 0.15) is 27.7 Å². The Kier molecular flexibility index (Phi) is 2.38. The van der Waals surface area contributed by atoms with Gasteiger partial charge in [0.1, 0.15) is 5.82 Å². The molecular weight excluding hydrogens is 258 g/mol. The van der Waals surface area contributed by atoms with Gasteiger partial charge in [0.15, 0.2) is 0 Å². The van der Waals surface area contributed by atoms with Crippen LogP contribution in [0, 0.1) is 0 Å². The van der Waals surface area contributed by atoms with E-state index in [0.717, 1.165) is 29.2 Å². The Morgan fingerprint density at radius 1 is 1.53 bits per heavy atom. The lowest BCUT2D eigenvalue weighted by molar-refractivity contribution is 0.143. The Morgan fingerprint density at radius 3 is 3.00 bits per heavy atom. The van der Waals surface area contributed by atoms with E-state index in [1.54, 1.807) is 11.8 Å². The quantitative estimate of drug-likeness (QED) is 0.826. The van der Waals surface area contributed by atoms with E-state index in [1.807, 2.05) is 0 Å². The first-order valence-corrected chi connectivity index (χ1v) is 6.97. The molecule has 6 heteroatoms. The molecule has 2 N–H and O–H groups in total. The van der Waals surface area contributed by atoms with Gasteiger partial charge in [-0.2, -0.15) is 4.98 Å². The van der Waals surface area contributed by atoms with Crippen molar-refractivity contribution < 1.29 is 7.85 Å². The van der Waals surface area contributed by atoms with Gasteiger partial charge in [0.05, 0.1) is 25.4 Å². The maximum Gasteiger partial charge on any atom is 0.224 e. The SMILES string of the molecule is [2H]C([2H])(O)C1(Nc2nc(Cl)nc3c2SCC3)CCC1. The number of nitrogens with one attached hydrogen (secondary N) is 1. The van der Waals surface area contributed by atoms with Crippen LogP contribution in [0.3, 0.4) is 0 Å². The molecule has 1 aromatic heterocycles. The molecule has 0 unspecified atom stereocenters. The highest BCUT2D eigenvalue weighted by Crippen LogP contribution is 2.40. The number of fused-ring (bicyclic) bond motifs is 1. The van der Waals surface area contributed by atoms with Gasteiger partial charge in [-0.3, -0.25) is 0 Å². The molecule has 1 saturated carbocycles. The molecule has 0 atom stereocenters. The molecule has 0 bridgehead atoms. The monoisotopic (exact) mass is 273 g/mol. The summed E-state index contributed by atoms with van der Waals surface area (Å²) in [6.45, 7) is -2.28. The van der Waals surface area contributed by atoms with Gasteiger partial charge in [0.25, 0.3) is 0 Å². The Labute approximate surface area is 112 Å². The molecule has 0 radical (unpaired) electrons. The van der Waals surface area contributed by atoms with E-state index >= 15 is 0 Å². The smallest absolute Gasteiger partial charge is 0.224 e. The number of hydrogen-bond donors (Lipinski definition) is 2. The minimum atomic E-state index is -2.28. The van der Waals surface area contributed by atoms with E-state index in [0.29, 0.717) is 18.7 Å². The van der Waals surface area contributed by atoms with E-state index in [9.17, 15) is 5.11 Å². The summed E-state index contributed by atoms with van der Waals surface area (Å²) in [6.07, 6.45) is 2.90. The molecule has 2 aliphatic rings. The fourth-order valence-electron chi connectivity index (χ4n) is 2.14. The van der Waals surface area contributed by atoms with Crippen LogP contribution in [-0.4, -0.2) is 32.9 Å². The molecule has 0 saturated heterocycles. The van der Waals surface area contributed by atoms with Gasteiger partial charge < -0.3 is 10.4 Å². The fraction of sp³-hybridized carbons (Fsp3) is 0.636.